The van der Waals surface area contributed by atoms with Crippen molar-refractivity contribution < 1.29 is 4.42 Å². The molecule has 3 aromatic rings. The van der Waals surface area contributed by atoms with Crippen LogP contribution in [0.15, 0.2) is 71.3 Å². The number of pyridine rings is 1. The highest BCUT2D eigenvalue weighted by atomic mass is 32.1. The Morgan fingerprint density at radius 2 is 1.75 bits per heavy atom. The van der Waals surface area contributed by atoms with Gasteiger partial charge in [0.1, 0.15) is 17.6 Å². The molecule has 1 aromatic carbocycles. The third-order valence-corrected chi connectivity index (χ3v) is 6.16. The summed E-state index contributed by atoms with van der Waals surface area (Å²) in [5.41, 5.74) is 2.08. The molecule has 2 fully saturated rings. The van der Waals surface area contributed by atoms with Gasteiger partial charge < -0.3 is 14.6 Å². The first kappa shape index (κ1) is 17.4. The second-order valence-electron chi connectivity index (χ2n) is 7.54. The summed E-state index contributed by atoms with van der Waals surface area (Å²) in [6.07, 6.45) is 6.72. The predicted molar refractivity (Wildman–Crippen MR) is 114 cm³/mol. The minimum absolute atomic E-state index is 0.0101. The van der Waals surface area contributed by atoms with Crippen LogP contribution >= 0.6 is 12.2 Å². The van der Waals surface area contributed by atoms with Crippen molar-refractivity contribution in [3.05, 3.63) is 78.3 Å². The third-order valence-electron chi connectivity index (χ3n) is 5.83. The first-order valence-electron chi connectivity index (χ1n) is 9.96. The molecule has 1 aliphatic heterocycles. The fourth-order valence-corrected chi connectivity index (χ4v) is 4.90. The summed E-state index contributed by atoms with van der Waals surface area (Å²) in [6.45, 7) is 0. The molecule has 2 aromatic heterocycles. The van der Waals surface area contributed by atoms with Gasteiger partial charge in [0, 0.05) is 17.8 Å². The second-order valence-corrected chi connectivity index (χ2v) is 7.93. The van der Waals surface area contributed by atoms with E-state index in [4.69, 9.17) is 16.6 Å². The van der Waals surface area contributed by atoms with Crippen molar-refractivity contribution in [3.63, 3.8) is 0 Å². The van der Waals surface area contributed by atoms with Gasteiger partial charge in [-0.1, -0.05) is 49.2 Å². The molecule has 0 bridgehead atoms. The SMILES string of the molecule is S=C1N[C@@H](c2ccccn2)[C@@H](c2ccc(-c3ccccc3)o2)N1C1CCCC1. The van der Waals surface area contributed by atoms with Crippen LogP contribution in [0.5, 0.6) is 0 Å². The number of aromatic nitrogens is 1. The number of hydrogen-bond donors (Lipinski definition) is 1. The Morgan fingerprint density at radius 3 is 2.50 bits per heavy atom. The molecule has 0 unspecified atom stereocenters. The number of nitrogens with zero attached hydrogens (tertiary/aromatic N) is 2. The number of rotatable bonds is 4. The first-order valence-corrected chi connectivity index (χ1v) is 10.4. The molecule has 28 heavy (non-hydrogen) atoms. The van der Waals surface area contributed by atoms with Crippen LogP contribution in [0.4, 0.5) is 0 Å². The van der Waals surface area contributed by atoms with Crippen LogP contribution in [-0.4, -0.2) is 21.0 Å². The molecular weight excluding hydrogens is 366 g/mol. The van der Waals surface area contributed by atoms with Gasteiger partial charge in [0.15, 0.2) is 5.11 Å². The molecule has 1 aliphatic carbocycles. The molecule has 2 aliphatic rings. The zero-order valence-corrected chi connectivity index (χ0v) is 16.4. The minimum atomic E-state index is -0.0101. The molecular formula is C23H23N3OS. The van der Waals surface area contributed by atoms with Crippen molar-refractivity contribution in [2.75, 3.05) is 0 Å². The second kappa shape index (κ2) is 7.40. The lowest BCUT2D eigenvalue weighted by Gasteiger charge is -2.31. The molecule has 0 radical (unpaired) electrons. The van der Waals surface area contributed by atoms with Gasteiger partial charge in [0.25, 0.3) is 0 Å². The molecule has 0 spiro atoms. The molecule has 5 rings (SSSR count). The van der Waals surface area contributed by atoms with Gasteiger partial charge in [-0.25, -0.2) is 0 Å². The molecule has 2 atom stereocenters. The van der Waals surface area contributed by atoms with E-state index in [0.29, 0.717) is 6.04 Å². The highest BCUT2D eigenvalue weighted by Crippen LogP contribution is 2.43. The normalized spacial score (nSPS) is 22.6. The maximum Gasteiger partial charge on any atom is 0.170 e. The fourth-order valence-electron chi connectivity index (χ4n) is 4.52. The highest BCUT2D eigenvalue weighted by molar-refractivity contribution is 7.80. The van der Waals surface area contributed by atoms with E-state index >= 15 is 0 Å². The van der Waals surface area contributed by atoms with Crippen LogP contribution in [0, 0.1) is 0 Å². The molecule has 142 valence electrons. The van der Waals surface area contributed by atoms with E-state index in [1.807, 2.05) is 36.5 Å². The van der Waals surface area contributed by atoms with Gasteiger partial charge in [-0.15, -0.1) is 0 Å². The quantitative estimate of drug-likeness (QED) is 0.617. The van der Waals surface area contributed by atoms with Gasteiger partial charge in [0.05, 0.1) is 11.7 Å². The maximum absolute atomic E-state index is 6.37. The molecule has 5 heteroatoms. The highest BCUT2D eigenvalue weighted by Gasteiger charge is 2.45. The van der Waals surface area contributed by atoms with E-state index in [0.717, 1.165) is 27.9 Å². The molecule has 1 saturated carbocycles. The van der Waals surface area contributed by atoms with E-state index in [2.05, 4.69) is 45.5 Å². The van der Waals surface area contributed by atoms with Crippen LogP contribution < -0.4 is 5.32 Å². The minimum Gasteiger partial charge on any atom is -0.459 e. The monoisotopic (exact) mass is 389 g/mol. The van der Waals surface area contributed by atoms with Crippen LogP contribution in [0.2, 0.25) is 0 Å². The summed E-state index contributed by atoms with van der Waals surface area (Å²) < 4.78 is 6.37. The van der Waals surface area contributed by atoms with Crippen LogP contribution in [0.3, 0.4) is 0 Å². The number of nitrogens with one attached hydrogen (secondary N) is 1. The predicted octanol–water partition coefficient (Wildman–Crippen LogP) is 5.26. The van der Waals surface area contributed by atoms with Gasteiger partial charge in [-0.3, -0.25) is 4.98 Å². The summed E-state index contributed by atoms with van der Waals surface area (Å²) in [7, 11) is 0. The lowest BCUT2D eigenvalue weighted by molar-refractivity contribution is 0.218. The van der Waals surface area contributed by atoms with Gasteiger partial charge in [-0.2, -0.15) is 0 Å². The lowest BCUT2D eigenvalue weighted by atomic mass is 10.0. The maximum atomic E-state index is 6.37. The van der Waals surface area contributed by atoms with Gasteiger partial charge in [-0.05, 0) is 49.3 Å². The van der Waals surface area contributed by atoms with Gasteiger partial charge in [0.2, 0.25) is 0 Å². The summed E-state index contributed by atoms with van der Waals surface area (Å²) in [5, 5.41) is 4.34. The average Bonchev–Trinajstić information content (AvgIpc) is 3.48. The Bertz CT molecular complexity index is 950. The molecule has 1 saturated heterocycles. The van der Waals surface area contributed by atoms with Crippen molar-refractivity contribution in [2.24, 2.45) is 0 Å². The molecule has 1 N–H and O–H groups in total. The number of hydrogen-bond acceptors (Lipinski definition) is 3. The first-order chi connectivity index (χ1) is 13.8. The zero-order valence-electron chi connectivity index (χ0n) is 15.6. The Balaban J connectivity index is 1.55. The summed E-state index contributed by atoms with van der Waals surface area (Å²) in [6, 6.07) is 20.9. The Kier molecular flexibility index (Phi) is 4.61. The van der Waals surface area contributed by atoms with Crippen molar-refractivity contribution in [1.29, 1.82) is 0 Å². The van der Waals surface area contributed by atoms with Crippen molar-refractivity contribution >= 4 is 17.3 Å². The van der Waals surface area contributed by atoms with Crippen LogP contribution in [0.1, 0.15) is 49.2 Å². The van der Waals surface area contributed by atoms with Crippen molar-refractivity contribution in [2.45, 2.75) is 43.8 Å². The van der Waals surface area contributed by atoms with E-state index < -0.39 is 0 Å². The van der Waals surface area contributed by atoms with Crippen LogP contribution in [0.25, 0.3) is 11.3 Å². The number of furan rings is 1. The van der Waals surface area contributed by atoms with Crippen molar-refractivity contribution in [1.82, 2.24) is 15.2 Å². The summed E-state index contributed by atoms with van der Waals surface area (Å²) >= 11 is 5.78. The number of benzene rings is 1. The Hall–Kier alpha value is -2.66. The summed E-state index contributed by atoms with van der Waals surface area (Å²) in [4.78, 5) is 6.98. The molecule has 0 amide bonds. The Labute approximate surface area is 170 Å². The molecule has 3 heterocycles. The van der Waals surface area contributed by atoms with E-state index in [1.165, 1.54) is 25.7 Å². The average molecular weight is 390 g/mol. The zero-order chi connectivity index (χ0) is 18.9. The largest absolute Gasteiger partial charge is 0.459 e. The fraction of sp³-hybridized carbons (Fsp3) is 0.304. The topological polar surface area (TPSA) is 41.3 Å². The summed E-state index contributed by atoms with van der Waals surface area (Å²) in [5.74, 6) is 1.83. The van der Waals surface area contributed by atoms with E-state index in [9.17, 15) is 0 Å². The smallest absolute Gasteiger partial charge is 0.170 e. The standard InChI is InChI=1S/C23H23N3OS/c28-23-25-21(18-12-6-7-15-24-18)22(26(23)17-10-4-5-11-17)20-14-13-19(27-20)16-8-2-1-3-9-16/h1-3,6-9,12-15,17,21-22H,4-5,10-11H2,(H,25,28)/t21-,22+/m0/s1. The lowest BCUT2D eigenvalue weighted by Crippen LogP contribution is -2.37. The Morgan fingerprint density at radius 1 is 0.964 bits per heavy atom. The third kappa shape index (κ3) is 3.10. The van der Waals surface area contributed by atoms with E-state index in [-0.39, 0.29) is 12.1 Å². The number of thiocarbonyl (C=S) groups is 1. The van der Waals surface area contributed by atoms with Crippen LogP contribution in [-0.2, 0) is 0 Å². The van der Waals surface area contributed by atoms with E-state index in [1.54, 1.807) is 0 Å². The van der Waals surface area contributed by atoms with Gasteiger partial charge >= 0.3 is 0 Å². The molecule has 4 nitrogen and oxygen atoms in total. The van der Waals surface area contributed by atoms with Crippen molar-refractivity contribution in [3.8, 4) is 11.3 Å².